The summed E-state index contributed by atoms with van der Waals surface area (Å²) >= 11 is 3.16. The van der Waals surface area contributed by atoms with Gasteiger partial charge in [0.25, 0.3) is 0 Å². The number of halogens is 2. The summed E-state index contributed by atoms with van der Waals surface area (Å²) < 4.78 is 19.1. The van der Waals surface area contributed by atoms with E-state index in [0.29, 0.717) is 31.3 Å². The Bertz CT molecular complexity index is 258. The van der Waals surface area contributed by atoms with E-state index in [1.165, 1.54) is 0 Å². The summed E-state index contributed by atoms with van der Waals surface area (Å²) in [4.78, 5) is 13.3. The van der Waals surface area contributed by atoms with Crippen LogP contribution < -0.4 is 0 Å². The van der Waals surface area contributed by atoms with Gasteiger partial charge in [0.1, 0.15) is 11.3 Å². The predicted octanol–water partition coefficient (Wildman–Crippen LogP) is 4.15. The molecular formula is C13H25BrFNO2. The molecule has 0 unspecified atom stereocenters. The van der Waals surface area contributed by atoms with Crippen LogP contribution in [0.2, 0.25) is 0 Å². The SMILES string of the molecule is CC.CC(C)(C)OC(=O)N1CCC(F)(CBr)CC1. The molecule has 1 aliphatic rings. The zero-order valence-corrected chi connectivity index (χ0v) is 13.6. The Morgan fingerprint density at radius 3 is 2.11 bits per heavy atom. The third kappa shape index (κ3) is 6.03. The van der Waals surface area contributed by atoms with Gasteiger partial charge in [-0.15, -0.1) is 0 Å². The van der Waals surface area contributed by atoms with Crippen molar-refractivity contribution in [2.45, 2.75) is 58.7 Å². The Kier molecular flexibility index (Phi) is 7.18. The number of hydrogen-bond acceptors (Lipinski definition) is 2. The maximum atomic E-state index is 13.9. The first-order chi connectivity index (χ1) is 8.26. The molecule has 0 aromatic rings. The Labute approximate surface area is 118 Å². The summed E-state index contributed by atoms with van der Waals surface area (Å²) in [6.07, 6.45) is 0.402. The predicted molar refractivity (Wildman–Crippen MR) is 76.0 cm³/mol. The molecule has 1 heterocycles. The van der Waals surface area contributed by atoms with Crippen molar-refractivity contribution in [3.05, 3.63) is 0 Å². The van der Waals surface area contributed by atoms with Crippen LogP contribution in [0.1, 0.15) is 47.5 Å². The van der Waals surface area contributed by atoms with E-state index in [-0.39, 0.29) is 6.09 Å². The first kappa shape index (κ1) is 17.7. The summed E-state index contributed by atoms with van der Waals surface area (Å²) in [5, 5.41) is 0.335. The largest absolute Gasteiger partial charge is 0.444 e. The molecule has 108 valence electrons. The van der Waals surface area contributed by atoms with Gasteiger partial charge in [0.2, 0.25) is 0 Å². The Hall–Kier alpha value is -0.320. The number of rotatable bonds is 1. The molecule has 0 aliphatic carbocycles. The van der Waals surface area contributed by atoms with Crippen LogP contribution in [0.5, 0.6) is 0 Å². The van der Waals surface area contributed by atoms with Crippen LogP contribution in [0, 0.1) is 0 Å². The number of ether oxygens (including phenoxy) is 1. The van der Waals surface area contributed by atoms with Gasteiger partial charge < -0.3 is 9.64 Å². The van der Waals surface area contributed by atoms with Crippen LogP contribution in [-0.4, -0.2) is 40.7 Å². The van der Waals surface area contributed by atoms with Crippen molar-refractivity contribution in [2.24, 2.45) is 0 Å². The molecule has 3 nitrogen and oxygen atoms in total. The van der Waals surface area contributed by atoms with Crippen LogP contribution in [0.3, 0.4) is 0 Å². The molecule has 1 saturated heterocycles. The van der Waals surface area contributed by atoms with E-state index < -0.39 is 11.3 Å². The number of hydrogen-bond donors (Lipinski definition) is 0. The standard InChI is InChI=1S/C11H19BrFNO2.C2H6/c1-10(2,3)16-9(15)14-6-4-11(13,8-12)5-7-14;1-2/h4-8H2,1-3H3;1-2H3. The molecule has 1 fully saturated rings. The Morgan fingerprint density at radius 1 is 1.33 bits per heavy atom. The average Bonchev–Trinajstić information content (AvgIpc) is 2.30. The molecule has 0 saturated carbocycles. The van der Waals surface area contributed by atoms with Gasteiger partial charge in [0, 0.05) is 31.3 Å². The van der Waals surface area contributed by atoms with Gasteiger partial charge in [-0.05, 0) is 20.8 Å². The molecule has 1 amide bonds. The van der Waals surface area contributed by atoms with Crippen LogP contribution in [0.4, 0.5) is 9.18 Å². The van der Waals surface area contributed by atoms with Gasteiger partial charge in [0.05, 0.1) is 0 Å². The van der Waals surface area contributed by atoms with Crippen LogP contribution in [0.25, 0.3) is 0 Å². The number of alkyl halides is 2. The maximum Gasteiger partial charge on any atom is 0.410 e. The lowest BCUT2D eigenvalue weighted by Gasteiger charge is -2.36. The second-order valence-corrected chi connectivity index (χ2v) is 5.81. The summed E-state index contributed by atoms with van der Waals surface area (Å²) in [5.41, 5.74) is -1.66. The van der Waals surface area contributed by atoms with Crippen molar-refractivity contribution in [1.82, 2.24) is 4.90 Å². The first-order valence-corrected chi connectivity index (χ1v) is 7.61. The highest BCUT2D eigenvalue weighted by Gasteiger charge is 2.36. The summed E-state index contributed by atoms with van der Waals surface area (Å²) in [7, 11) is 0. The quantitative estimate of drug-likeness (QED) is 0.678. The van der Waals surface area contributed by atoms with Gasteiger partial charge in [-0.25, -0.2) is 9.18 Å². The fourth-order valence-electron chi connectivity index (χ4n) is 1.55. The molecular weight excluding hydrogens is 301 g/mol. The van der Waals surface area contributed by atoms with Gasteiger partial charge in [0.15, 0.2) is 0 Å². The first-order valence-electron chi connectivity index (χ1n) is 6.49. The van der Waals surface area contributed by atoms with E-state index in [1.807, 2.05) is 34.6 Å². The normalized spacial score (nSPS) is 18.7. The third-order valence-electron chi connectivity index (χ3n) is 2.55. The lowest BCUT2D eigenvalue weighted by atomic mass is 9.96. The number of amides is 1. The molecule has 0 aromatic carbocycles. The van der Waals surface area contributed by atoms with E-state index in [0.717, 1.165) is 0 Å². The fourth-order valence-corrected chi connectivity index (χ4v) is 2.11. The van der Waals surface area contributed by atoms with Crippen molar-refractivity contribution in [1.29, 1.82) is 0 Å². The van der Waals surface area contributed by atoms with Crippen LogP contribution in [-0.2, 0) is 4.74 Å². The zero-order valence-electron chi connectivity index (χ0n) is 12.1. The van der Waals surface area contributed by atoms with Gasteiger partial charge >= 0.3 is 6.09 Å². The number of piperidine rings is 1. The zero-order chi connectivity index (χ0) is 14.4. The minimum Gasteiger partial charge on any atom is -0.444 e. The van der Waals surface area contributed by atoms with Crippen molar-refractivity contribution in [3.63, 3.8) is 0 Å². The van der Waals surface area contributed by atoms with Gasteiger partial charge in [-0.3, -0.25) is 0 Å². The molecule has 1 aliphatic heterocycles. The highest BCUT2D eigenvalue weighted by Crippen LogP contribution is 2.29. The Balaban J connectivity index is 0.00000137. The second kappa shape index (κ2) is 7.31. The molecule has 0 atom stereocenters. The fraction of sp³-hybridized carbons (Fsp3) is 0.923. The van der Waals surface area contributed by atoms with E-state index in [2.05, 4.69) is 15.9 Å². The van der Waals surface area contributed by atoms with E-state index >= 15 is 0 Å². The van der Waals surface area contributed by atoms with E-state index in [4.69, 9.17) is 4.74 Å². The minimum absolute atomic E-state index is 0.335. The van der Waals surface area contributed by atoms with Crippen molar-refractivity contribution >= 4 is 22.0 Å². The third-order valence-corrected chi connectivity index (χ3v) is 3.56. The number of nitrogens with zero attached hydrogens (tertiary/aromatic N) is 1. The lowest BCUT2D eigenvalue weighted by Crippen LogP contribution is -2.47. The highest BCUT2D eigenvalue weighted by molar-refractivity contribution is 9.09. The topological polar surface area (TPSA) is 29.5 Å². The smallest absolute Gasteiger partial charge is 0.410 e. The molecule has 5 heteroatoms. The lowest BCUT2D eigenvalue weighted by molar-refractivity contribution is 0.00770. The summed E-state index contributed by atoms with van der Waals surface area (Å²) in [6.45, 7) is 10.3. The molecule has 0 radical (unpaired) electrons. The molecule has 1 rings (SSSR count). The van der Waals surface area contributed by atoms with E-state index in [9.17, 15) is 9.18 Å². The molecule has 0 N–H and O–H groups in total. The Morgan fingerprint density at radius 2 is 1.78 bits per heavy atom. The van der Waals surface area contributed by atoms with Crippen molar-refractivity contribution in [2.75, 3.05) is 18.4 Å². The van der Waals surface area contributed by atoms with Crippen LogP contribution in [0.15, 0.2) is 0 Å². The van der Waals surface area contributed by atoms with Gasteiger partial charge in [-0.2, -0.15) is 0 Å². The number of likely N-dealkylation sites (tertiary alicyclic amines) is 1. The monoisotopic (exact) mass is 325 g/mol. The van der Waals surface area contributed by atoms with Crippen molar-refractivity contribution in [3.8, 4) is 0 Å². The second-order valence-electron chi connectivity index (χ2n) is 5.25. The van der Waals surface area contributed by atoms with Crippen LogP contribution >= 0.6 is 15.9 Å². The average molecular weight is 326 g/mol. The summed E-state index contributed by atoms with van der Waals surface area (Å²) in [5.74, 6) is 0. The molecule has 18 heavy (non-hydrogen) atoms. The van der Waals surface area contributed by atoms with Gasteiger partial charge in [-0.1, -0.05) is 29.8 Å². The number of carbonyl (C=O) groups is 1. The molecule has 0 aromatic heterocycles. The van der Waals surface area contributed by atoms with Crippen molar-refractivity contribution < 1.29 is 13.9 Å². The molecule has 0 spiro atoms. The maximum absolute atomic E-state index is 13.9. The number of carbonyl (C=O) groups excluding carboxylic acids is 1. The molecule has 0 bridgehead atoms. The van der Waals surface area contributed by atoms with E-state index in [1.54, 1.807) is 4.90 Å². The summed E-state index contributed by atoms with van der Waals surface area (Å²) in [6, 6.07) is 0. The highest BCUT2D eigenvalue weighted by atomic mass is 79.9. The minimum atomic E-state index is -1.17.